The lowest BCUT2D eigenvalue weighted by Crippen LogP contribution is -2.57. The van der Waals surface area contributed by atoms with E-state index in [-0.39, 0.29) is 31.2 Å². The number of aliphatic imine (C=N–C) groups is 1. The Balaban J connectivity index is 2.93. The van der Waals surface area contributed by atoms with Crippen LogP contribution >= 0.6 is 12.6 Å². The molecule has 4 atom stereocenters. The highest BCUT2D eigenvalue weighted by molar-refractivity contribution is 7.80. The maximum atomic E-state index is 13.1. The summed E-state index contributed by atoms with van der Waals surface area (Å²) in [4.78, 5) is 54.1. The van der Waals surface area contributed by atoms with Gasteiger partial charge < -0.3 is 42.9 Å². The minimum Gasteiger partial charge on any atom is -0.480 e. The van der Waals surface area contributed by atoms with E-state index in [0.717, 1.165) is 0 Å². The molecule has 0 aromatic rings. The number of carbonyl (C=O) groups excluding carboxylic acids is 3. The molecule has 0 bridgehead atoms. The summed E-state index contributed by atoms with van der Waals surface area (Å²) in [5, 5.41) is 22.9. The minimum atomic E-state index is -1.48. The summed E-state index contributed by atoms with van der Waals surface area (Å²) >= 11 is 3.98. The highest BCUT2D eigenvalue weighted by Crippen LogP contribution is 2.20. The summed E-state index contributed by atoms with van der Waals surface area (Å²) in [6.07, 6.45) is 1.41. The van der Waals surface area contributed by atoms with Crippen LogP contribution in [0.25, 0.3) is 0 Å². The van der Waals surface area contributed by atoms with Crippen molar-refractivity contribution in [1.82, 2.24) is 15.5 Å². The van der Waals surface area contributed by atoms with E-state index < -0.39 is 54.5 Å². The predicted molar refractivity (Wildman–Crippen MR) is 115 cm³/mol. The molecule has 1 rings (SSSR count). The predicted octanol–water partition coefficient (Wildman–Crippen LogP) is -3.67. The molecule has 1 heterocycles. The average Bonchev–Trinajstić information content (AvgIpc) is 3.22. The third kappa shape index (κ3) is 8.22. The molecule has 0 aromatic carbocycles. The molecule has 176 valence electrons. The van der Waals surface area contributed by atoms with Crippen molar-refractivity contribution in [3.8, 4) is 0 Å². The number of guanidine groups is 1. The van der Waals surface area contributed by atoms with Crippen molar-refractivity contribution in [2.45, 2.75) is 49.9 Å². The molecule has 0 aliphatic carbocycles. The number of nitrogens with zero attached hydrogens (tertiary/aromatic N) is 2. The standard InChI is InChI=1S/C17H31N7O6S/c18-9(8-31)13(26)22-10(3-1-5-21-17(19)20)15(28)24-6-2-4-12(24)14(27)23-11(7-25)16(29)30/h9-12,25,31H,1-8,18H2,(H,22,26)(H,23,27)(H,29,30)(H4,19,20,21). The number of rotatable bonds is 12. The van der Waals surface area contributed by atoms with Crippen molar-refractivity contribution in [2.24, 2.45) is 22.2 Å². The normalized spacial score (nSPS) is 18.5. The zero-order valence-corrected chi connectivity index (χ0v) is 18.0. The number of carboxylic acids is 1. The summed E-state index contributed by atoms with van der Waals surface area (Å²) in [6.45, 7) is -0.291. The third-order valence-corrected chi connectivity index (χ3v) is 5.12. The van der Waals surface area contributed by atoms with Gasteiger partial charge in [-0.25, -0.2) is 4.79 Å². The molecule has 10 N–H and O–H groups in total. The van der Waals surface area contributed by atoms with Gasteiger partial charge in [0.05, 0.1) is 12.6 Å². The summed E-state index contributed by atoms with van der Waals surface area (Å²) in [5.41, 5.74) is 16.2. The van der Waals surface area contributed by atoms with Crippen LogP contribution in [0.15, 0.2) is 4.99 Å². The van der Waals surface area contributed by atoms with Gasteiger partial charge in [-0.15, -0.1) is 0 Å². The van der Waals surface area contributed by atoms with Gasteiger partial charge in [0.2, 0.25) is 17.7 Å². The van der Waals surface area contributed by atoms with Gasteiger partial charge in [0.1, 0.15) is 18.1 Å². The van der Waals surface area contributed by atoms with Gasteiger partial charge in [0.25, 0.3) is 0 Å². The molecule has 14 heteroatoms. The number of aliphatic hydroxyl groups is 1. The Morgan fingerprint density at radius 3 is 2.42 bits per heavy atom. The number of aliphatic hydroxyl groups excluding tert-OH is 1. The molecule has 1 fully saturated rings. The summed E-state index contributed by atoms with van der Waals surface area (Å²) in [7, 11) is 0. The Morgan fingerprint density at radius 2 is 1.87 bits per heavy atom. The van der Waals surface area contributed by atoms with Crippen molar-refractivity contribution < 1.29 is 29.4 Å². The molecule has 0 radical (unpaired) electrons. The van der Waals surface area contributed by atoms with E-state index in [1.807, 2.05) is 0 Å². The second-order valence-electron chi connectivity index (χ2n) is 7.07. The maximum absolute atomic E-state index is 13.1. The molecule has 0 aromatic heterocycles. The Hall–Kier alpha value is -2.58. The molecule has 4 unspecified atom stereocenters. The Labute approximate surface area is 185 Å². The fraction of sp³-hybridized carbons (Fsp3) is 0.706. The van der Waals surface area contributed by atoms with E-state index >= 15 is 0 Å². The molecular weight excluding hydrogens is 430 g/mol. The van der Waals surface area contributed by atoms with Crippen molar-refractivity contribution in [2.75, 3.05) is 25.4 Å². The van der Waals surface area contributed by atoms with Crippen LogP contribution in [-0.4, -0.2) is 94.4 Å². The molecule has 13 nitrogen and oxygen atoms in total. The molecular formula is C17H31N7O6S. The molecule has 1 aliphatic heterocycles. The summed E-state index contributed by atoms with van der Waals surface area (Å²) in [5.74, 6) is -3.17. The van der Waals surface area contributed by atoms with Gasteiger partial charge in [0, 0.05) is 18.8 Å². The van der Waals surface area contributed by atoms with E-state index in [0.29, 0.717) is 19.3 Å². The smallest absolute Gasteiger partial charge is 0.328 e. The monoisotopic (exact) mass is 461 g/mol. The van der Waals surface area contributed by atoms with Gasteiger partial charge in [-0.1, -0.05) is 0 Å². The van der Waals surface area contributed by atoms with E-state index in [2.05, 4.69) is 28.3 Å². The third-order valence-electron chi connectivity index (χ3n) is 4.73. The first-order valence-corrected chi connectivity index (χ1v) is 10.4. The number of hydrogen-bond acceptors (Lipinski definition) is 8. The lowest BCUT2D eigenvalue weighted by Gasteiger charge is -2.29. The van der Waals surface area contributed by atoms with Crippen LogP contribution < -0.4 is 27.8 Å². The fourth-order valence-electron chi connectivity index (χ4n) is 3.08. The molecule has 1 aliphatic rings. The number of carbonyl (C=O) groups is 4. The van der Waals surface area contributed by atoms with E-state index in [4.69, 9.17) is 27.4 Å². The first kappa shape index (κ1) is 26.5. The van der Waals surface area contributed by atoms with Gasteiger partial charge in [-0.05, 0) is 25.7 Å². The van der Waals surface area contributed by atoms with Gasteiger partial charge in [-0.3, -0.25) is 19.4 Å². The van der Waals surface area contributed by atoms with E-state index in [1.165, 1.54) is 4.90 Å². The SMILES string of the molecule is NC(N)=NCCCC(NC(=O)C(N)CS)C(=O)N1CCCC1C(=O)NC(CO)C(=O)O. The van der Waals surface area contributed by atoms with Crippen molar-refractivity contribution >= 4 is 42.3 Å². The number of hydrogen-bond donors (Lipinski definition) is 8. The van der Waals surface area contributed by atoms with Crippen LogP contribution in [0.5, 0.6) is 0 Å². The van der Waals surface area contributed by atoms with E-state index in [1.54, 1.807) is 0 Å². The highest BCUT2D eigenvalue weighted by Gasteiger charge is 2.38. The Bertz CT molecular complexity index is 688. The quantitative estimate of drug-likeness (QED) is 0.0619. The largest absolute Gasteiger partial charge is 0.480 e. The van der Waals surface area contributed by atoms with Crippen LogP contribution in [0.2, 0.25) is 0 Å². The lowest BCUT2D eigenvalue weighted by atomic mass is 10.1. The zero-order valence-electron chi connectivity index (χ0n) is 17.1. The number of aliphatic carboxylic acids is 1. The minimum absolute atomic E-state index is 0.0766. The van der Waals surface area contributed by atoms with Crippen molar-refractivity contribution in [3.63, 3.8) is 0 Å². The second-order valence-corrected chi connectivity index (χ2v) is 7.44. The molecule has 0 spiro atoms. The number of thiol groups is 1. The second kappa shape index (κ2) is 13.0. The van der Waals surface area contributed by atoms with Gasteiger partial charge >= 0.3 is 5.97 Å². The first-order valence-electron chi connectivity index (χ1n) is 9.79. The first-order chi connectivity index (χ1) is 14.6. The summed E-state index contributed by atoms with van der Waals surface area (Å²) < 4.78 is 0. The Kier molecular flexibility index (Phi) is 11.1. The van der Waals surface area contributed by atoms with Gasteiger partial charge in [-0.2, -0.15) is 12.6 Å². The number of carboxylic acid groups (broad SMARTS) is 1. The number of nitrogens with two attached hydrogens (primary N) is 3. The molecule has 31 heavy (non-hydrogen) atoms. The number of likely N-dealkylation sites (tertiary alicyclic amines) is 1. The maximum Gasteiger partial charge on any atom is 0.328 e. The fourth-order valence-corrected chi connectivity index (χ4v) is 3.25. The lowest BCUT2D eigenvalue weighted by molar-refractivity contribution is -0.145. The number of nitrogens with one attached hydrogen (secondary N) is 2. The van der Waals surface area contributed by atoms with Crippen LogP contribution in [-0.2, 0) is 19.2 Å². The highest BCUT2D eigenvalue weighted by atomic mass is 32.1. The zero-order chi connectivity index (χ0) is 23.6. The molecule has 1 saturated heterocycles. The molecule has 3 amide bonds. The van der Waals surface area contributed by atoms with E-state index in [9.17, 15) is 19.2 Å². The van der Waals surface area contributed by atoms with Crippen LogP contribution in [0.1, 0.15) is 25.7 Å². The van der Waals surface area contributed by atoms with Crippen LogP contribution in [0.4, 0.5) is 0 Å². The van der Waals surface area contributed by atoms with Crippen LogP contribution in [0.3, 0.4) is 0 Å². The van der Waals surface area contributed by atoms with Crippen LogP contribution in [0, 0.1) is 0 Å². The Morgan fingerprint density at radius 1 is 1.19 bits per heavy atom. The molecule has 0 saturated carbocycles. The number of amides is 3. The topological polar surface area (TPSA) is 226 Å². The average molecular weight is 462 g/mol. The van der Waals surface area contributed by atoms with Crippen molar-refractivity contribution in [3.05, 3.63) is 0 Å². The summed E-state index contributed by atoms with van der Waals surface area (Å²) in [6, 6.07) is -4.30. The van der Waals surface area contributed by atoms with Gasteiger partial charge in [0.15, 0.2) is 5.96 Å². The van der Waals surface area contributed by atoms with Crippen molar-refractivity contribution in [1.29, 1.82) is 0 Å².